The molecule has 1 heteroatoms. The number of benzene rings is 2. The zero-order chi connectivity index (χ0) is 12.8. The Bertz CT molecular complexity index is 485. The molecule has 0 saturated carbocycles. The summed E-state index contributed by atoms with van der Waals surface area (Å²) in [7, 11) is 0. The molecule has 0 unspecified atom stereocenters. The number of thioether (sulfide) groups is 1. The lowest BCUT2D eigenvalue weighted by molar-refractivity contribution is 1.13. The van der Waals surface area contributed by atoms with E-state index < -0.39 is 0 Å². The molecule has 0 amide bonds. The van der Waals surface area contributed by atoms with E-state index in [9.17, 15) is 0 Å². The van der Waals surface area contributed by atoms with Gasteiger partial charge in [0.1, 0.15) is 0 Å². The van der Waals surface area contributed by atoms with E-state index in [1.165, 1.54) is 22.3 Å². The van der Waals surface area contributed by atoms with Gasteiger partial charge in [-0.05, 0) is 35.6 Å². The van der Waals surface area contributed by atoms with Crippen molar-refractivity contribution in [2.75, 3.05) is 0 Å². The van der Waals surface area contributed by atoms with Gasteiger partial charge in [-0.15, -0.1) is 0 Å². The summed E-state index contributed by atoms with van der Waals surface area (Å²) in [4.78, 5) is 0. The van der Waals surface area contributed by atoms with Crippen molar-refractivity contribution in [1.82, 2.24) is 0 Å². The first-order valence-corrected chi connectivity index (χ1v) is 7.65. The summed E-state index contributed by atoms with van der Waals surface area (Å²) < 4.78 is 0. The summed E-state index contributed by atoms with van der Waals surface area (Å²) in [6, 6.07) is 17.6. The van der Waals surface area contributed by atoms with Crippen molar-refractivity contribution >= 4 is 11.8 Å². The largest absolute Gasteiger partial charge is 0.152 e. The van der Waals surface area contributed by atoms with Crippen LogP contribution in [0.15, 0.2) is 48.5 Å². The van der Waals surface area contributed by atoms with Crippen LogP contribution in [0.2, 0.25) is 0 Å². The van der Waals surface area contributed by atoms with E-state index in [1.54, 1.807) is 0 Å². The van der Waals surface area contributed by atoms with Crippen LogP contribution in [0.1, 0.15) is 29.2 Å². The molecule has 0 heterocycles. The van der Waals surface area contributed by atoms with Gasteiger partial charge in [0.15, 0.2) is 0 Å². The maximum Gasteiger partial charge on any atom is 0.0190 e. The van der Waals surface area contributed by atoms with Crippen molar-refractivity contribution in [3.05, 3.63) is 70.8 Å². The SMILES string of the molecule is CCc1ccc(CSCc2ccccc2C)cc1. The highest BCUT2D eigenvalue weighted by atomic mass is 32.2. The third-order valence-electron chi connectivity index (χ3n) is 3.22. The second-order valence-corrected chi connectivity index (χ2v) is 5.57. The van der Waals surface area contributed by atoms with Gasteiger partial charge in [0.25, 0.3) is 0 Å². The van der Waals surface area contributed by atoms with Crippen LogP contribution in [0.5, 0.6) is 0 Å². The summed E-state index contributed by atoms with van der Waals surface area (Å²) in [5.41, 5.74) is 5.69. The summed E-state index contributed by atoms with van der Waals surface area (Å²) >= 11 is 1.99. The third-order valence-corrected chi connectivity index (χ3v) is 4.27. The standard InChI is InChI=1S/C17H20S/c1-3-15-8-10-16(11-9-15)12-18-13-17-7-5-4-6-14(17)2/h4-11H,3,12-13H2,1-2H3. The van der Waals surface area contributed by atoms with E-state index >= 15 is 0 Å². The fourth-order valence-electron chi connectivity index (χ4n) is 1.92. The molecule has 0 aliphatic rings. The molecular formula is C17H20S. The number of rotatable bonds is 5. The lowest BCUT2D eigenvalue weighted by Crippen LogP contribution is -1.87. The molecular weight excluding hydrogens is 236 g/mol. The normalized spacial score (nSPS) is 10.6. The van der Waals surface area contributed by atoms with Crippen molar-refractivity contribution in [3.8, 4) is 0 Å². The summed E-state index contributed by atoms with van der Waals surface area (Å²) in [5.74, 6) is 2.19. The summed E-state index contributed by atoms with van der Waals surface area (Å²) in [5, 5.41) is 0. The Morgan fingerprint density at radius 1 is 0.833 bits per heavy atom. The van der Waals surface area contributed by atoms with Gasteiger partial charge in [0.05, 0.1) is 0 Å². The quantitative estimate of drug-likeness (QED) is 0.726. The average molecular weight is 256 g/mol. The van der Waals surface area contributed by atoms with Crippen LogP contribution in [0.3, 0.4) is 0 Å². The smallest absolute Gasteiger partial charge is 0.0190 e. The zero-order valence-electron chi connectivity index (χ0n) is 11.1. The second-order valence-electron chi connectivity index (χ2n) is 4.59. The first-order chi connectivity index (χ1) is 8.79. The topological polar surface area (TPSA) is 0 Å². The van der Waals surface area contributed by atoms with Gasteiger partial charge < -0.3 is 0 Å². The highest BCUT2D eigenvalue weighted by Crippen LogP contribution is 2.20. The Labute approximate surface area is 114 Å². The average Bonchev–Trinajstić information content (AvgIpc) is 2.42. The molecule has 94 valence electrons. The van der Waals surface area contributed by atoms with Gasteiger partial charge in [0, 0.05) is 11.5 Å². The number of aryl methyl sites for hydroxylation is 2. The first kappa shape index (κ1) is 13.2. The molecule has 0 fully saturated rings. The fourth-order valence-corrected chi connectivity index (χ4v) is 3.00. The van der Waals surface area contributed by atoms with Crippen molar-refractivity contribution < 1.29 is 0 Å². The third kappa shape index (κ3) is 3.64. The van der Waals surface area contributed by atoms with Crippen molar-refractivity contribution in [3.63, 3.8) is 0 Å². The van der Waals surface area contributed by atoms with E-state index in [4.69, 9.17) is 0 Å². The lowest BCUT2D eigenvalue weighted by Gasteiger charge is -2.06. The van der Waals surface area contributed by atoms with Crippen molar-refractivity contribution in [2.24, 2.45) is 0 Å². The van der Waals surface area contributed by atoms with Gasteiger partial charge in [0.2, 0.25) is 0 Å². The van der Waals surface area contributed by atoms with Crippen LogP contribution >= 0.6 is 11.8 Å². The monoisotopic (exact) mass is 256 g/mol. The van der Waals surface area contributed by atoms with Crippen LogP contribution < -0.4 is 0 Å². The molecule has 2 aromatic carbocycles. The van der Waals surface area contributed by atoms with Crippen LogP contribution in [-0.4, -0.2) is 0 Å². The molecule has 0 bridgehead atoms. The fraction of sp³-hybridized carbons (Fsp3) is 0.294. The molecule has 0 aromatic heterocycles. The van der Waals surface area contributed by atoms with Crippen molar-refractivity contribution in [2.45, 2.75) is 31.8 Å². The van der Waals surface area contributed by atoms with E-state index in [0.29, 0.717) is 0 Å². The first-order valence-electron chi connectivity index (χ1n) is 6.49. The summed E-state index contributed by atoms with van der Waals surface area (Å²) in [6.45, 7) is 4.38. The lowest BCUT2D eigenvalue weighted by atomic mass is 10.1. The van der Waals surface area contributed by atoms with E-state index in [-0.39, 0.29) is 0 Å². The van der Waals surface area contributed by atoms with E-state index in [1.807, 2.05) is 11.8 Å². The minimum absolute atomic E-state index is 1.10. The predicted molar refractivity (Wildman–Crippen MR) is 82.0 cm³/mol. The van der Waals surface area contributed by atoms with Crippen LogP contribution in [0, 0.1) is 6.92 Å². The predicted octanol–water partition coefficient (Wildman–Crippen LogP) is 4.99. The molecule has 0 aliphatic heterocycles. The van der Waals surface area contributed by atoms with Crippen LogP contribution in [0.4, 0.5) is 0 Å². The Morgan fingerprint density at radius 2 is 1.50 bits per heavy atom. The maximum atomic E-state index is 2.25. The van der Waals surface area contributed by atoms with Crippen LogP contribution in [0.25, 0.3) is 0 Å². The Morgan fingerprint density at radius 3 is 2.17 bits per heavy atom. The molecule has 0 radical (unpaired) electrons. The van der Waals surface area contributed by atoms with Crippen LogP contribution in [-0.2, 0) is 17.9 Å². The van der Waals surface area contributed by atoms with Gasteiger partial charge in [-0.1, -0.05) is 55.5 Å². The molecule has 0 atom stereocenters. The van der Waals surface area contributed by atoms with Gasteiger partial charge in [-0.25, -0.2) is 0 Å². The molecule has 0 aliphatic carbocycles. The molecule has 2 rings (SSSR count). The molecule has 0 spiro atoms. The molecule has 0 nitrogen and oxygen atoms in total. The summed E-state index contributed by atoms with van der Waals surface area (Å²) in [6.07, 6.45) is 1.12. The van der Waals surface area contributed by atoms with Gasteiger partial charge >= 0.3 is 0 Å². The molecule has 18 heavy (non-hydrogen) atoms. The van der Waals surface area contributed by atoms with E-state index in [0.717, 1.165) is 17.9 Å². The Hall–Kier alpha value is -1.21. The minimum atomic E-state index is 1.10. The molecule has 0 N–H and O–H groups in total. The van der Waals surface area contributed by atoms with Crippen molar-refractivity contribution in [1.29, 1.82) is 0 Å². The zero-order valence-corrected chi connectivity index (χ0v) is 12.0. The number of hydrogen-bond donors (Lipinski definition) is 0. The minimum Gasteiger partial charge on any atom is -0.152 e. The maximum absolute atomic E-state index is 2.25. The van der Waals surface area contributed by atoms with E-state index in [2.05, 4.69) is 62.4 Å². The van der Waals surface area contributed by atoms with Gasteiger partial charge in [-0.3, -0.25) is 0 Å². The molecule has 0 saturated heterocycles. The molecule has 2 aromatic rings. The Balaban J connectivity index is 1.86. The number of hydrogen-bond acceptors (Lipinski definition) is 1. The highest BCUT2D eigenvalue weighted by Gasteiger charge is 1.98. The highest BCUT2D eigenvalue weighted by molar-refractivity contribution is 7.97. The second kappa shape index (κ2) is 6.65. The van der Waals surface area contributed by atoms with Gasteiger partial charge in [-0.2, -0.15) is 11.8 Å². The Kier molecular flexibility index (Phi) is 4.89.